The molecule has 0 aromatic heterocycles. The number of hydrogen-bond donors (Lipinski definition) is 0. The van der Waals surface area contributed by atoms with Crippen molar-refractivity contribution < 1.29 is 9.53 Å². The Morgan fingerprint density at radius 1 is 1.05 bits per heavy atom. The lowest BCUT2D eigenvalue weighted by atomic mass is 9.73. The van der Waals surface area contributed by atoms with Crippen LogP contribution in [0.3, 0.4) is 0 Å². The predicted molar refractivity (Wildman–Crippen MR) is 87.1 cm³/mol. The van der Waals surface area contributed by atoms with E-state index < -0.39 is 0 Å². The van der Waals surface area contributed by atoms with E-state index in [4.69, 9.17) is 4.74 Å². The summed E-state index contributed by atoms with van der Waals surface area (Å²) in [7, 11) is 1.73. The highest BCUT2D eigenvalue weighted by Crippen LogP contribution is 2.35. The normalized spacial score (nSPS) is 14.5. The van der Waals surface area contributed by atoms with E-state index in [2.05, 4.69) is 27.7 Å². The van der Waals surface area contributed by atoms with Crippen molar-refractivity contribution in [3.05, 3.63) is 0 Å². The summed E-state index contributed by atoms with van der Waals surface area (Å²) in [5, 5.41) is 0. The first-order valence-corrected chi connectivity index (χ1v) is 8.54. The molecule has 0 amide bonds. The average Bonchev–Trinajstić information content (AvgIpc) is 2.42. The molecule has 0 bridgehead atoms. The van der Waals surface area contributed by atoms with Crippen LogP contribution in [0.4, 0.5) is 0 Å². The highest BCUT2D eigenvalue weighted by molar-refractivity contribution is 5.85. The maximum atomic E-state index is 12.8. The molecule has 0 aromatic carbocycles. The fourth-order valence-corrected chi connectivity index (χ4v) is 2.79. The Morgan fingerprint density at radius 3 is 2.20 bits per heavy atom. The van der Waals surface area contributed by atoms with Gasteiger partial charge in [0.2, 0.25) is 0 Å². The Bertz CT molecular complexity index is 248. The highest BCUT2D eigenvalue weighted by Gasteiger charge is 2.36. The van der Waals surface area contributed by atoms with Gasteiger partial charge in [0.25, 0.3) is 0 Å². The summed E-state index contributed by atoms with van der Waals surface area (Å²) in [5.41, 5.74) is -0.219. The molecular weight excluding hydrogens is 248 g/mol. The molecule has 0 N–H and O–H groups in total. The van der Waals surface area contributed by atoms with Gasteiger partial charge in [-0.25, -0.2) is 0 Å². The SMILES string of the molecule is CCCCCC(=O)C(CCCC)(CCC(C)C)COC. The topological polar surface area (TPSA) is 26.3 Å². The second-order valence-electron chi connectivity index (χ2n) is 6.63. The molecule has 1 atom stereocenters. The molecule has 2 heteroatoms. The van der Waals surface area contributed by atoms with Crippen LogP contribution in [0.1, 0.15) is 85.5 Å². The molecule has 120 valence electrons. The van der Waals surface area contributed by atoms with E-state index in [1.807, 2.05) is 0 Å². The van der Waals surface area contributed by atoms with E-state index in [1.54, 1.807) is 7.11 Å². The number of ether oxygens (including phenoxy) is 1. The average molecular weight is 284 g/mol. The molecule has 1 unspecified atom stereocenters. The molecule has 20 heavy (non-hydrogen) atoms. The first kappa shape index (κ1) is 19.6. The van der Waals surface area contributed by atoms with E-state index in [0.717, 1.165) is 51.4 Å². The minimum Gasteiger partial charge on any atom is -0.384 e. The molecule has 0 fully saturated rings. The number of rotatable bonds is 13. The standard InChI is InChI=1S/C18H36O2/c1-6-8-10-11-17(19)18(15-20-5,13-9-7-2)14-12-16(3)4/h16H,6-15H2,1-5H3. The third kappa shape index (κ3) is 7.42. The second-order valence-corrected chi connectivity index (χ2v) is 6.63. The number of unbranched alkanes of at least 4 members (excludes halogenated alkanes) is 3. The van der Waals surface area contributed by atoms with E-state index >= 15 is 0 Å². The van der Waals surface area contributed by atoms with Crippen molar-refractivity contribution in [2.24, 2.45) is 11.3 Å². The zero-order valence-electron chi connectivity index (χ0n) is 14.5. The van der Waals surface area contributed by atoms with Crippen LogP contribution in [0.2, 0.25) is 0 Å². The van der Waals surface area contributed by atoms with Crippen molar-refractivity contribution in [1.82, 2.24) is 0 Å². The van der Waals surface area contributed by atoms with Crippen molar-refractivity contribution in [2.45, 2.75) is 85.5 Å². The van der Waals surface area contributed by atoms with Crippen LogP contribution in [0.15, 0.2) is 0 Å². The summed E-state index contributed by atoms with van der Waals surface area (Å²) in [4.78, 5) is 12.8. The van der Waals surface area contributed by atoms with Gasteiger partial charge in [-0.15, -0.1) is 0 Å². The lowest BCUT2D eigenvalue weighted by Crippen LogP contribution is -2.36. The molecule has 0 aliphatic rings. The first-order chi connectivity index (χ1) is 9.52. The smallest absolute Gasteiger partial charge is 0.141 e. The molecule has 0 spiro atoms. The van der Waals surface area contributed by atoms with Gasteiger partial charge in [0, 0.05) is 13.5 Å². The molecule has 0 aliphatic carbocycles. The van der Waals surface area contributed by atoms with Gasteiger partial charge in [0.05, 0.1) is 12.0 Å². The Balaban J connectivity index is 4.79. The zero-order valence-corrected chi connectivity index (χ0v) is 14.5. The monoisotopic (exact) mass is 284 g/mol. The molecule has 0 radical (unpaired) electrons. The van der Waals surface area contributed by atoms with E-state index in [1.165, 1.54) is 6.42 Å². The van der Waals surface area contributed by atoms with Crippen LogP contribution >= 0.6 is 0 Å². The fourth-order valence-electron chi connectivity index (χ4n) is 2.79. The molecular formula is C18H36O2. The molecule has 0 saturated carbocycles. The summed E-state index contributed by atoms with van der Waals surface area (Å²) in [6.45, 7) is 9.45. The number of Topliss-reactive ketones (excluding diaryl/α,β-unsaturated/α-hetero) is 1. The number of carbonyl (C=O) groups is 1. The molecule has 0 aromatic rings. The molecule has 0 saturated heterocycles. The number of methoxy groups -OCH3 is 1. The van der Waals surface area contributed by atoms with Gasteiger partial charge in [0.1, 0.15) is 5.78 Å². The van der Waals surface area contributed by atoms with Crippen molar-refractivity contribution in [3.63, 3.8) is 0 Å². The van der Waals surface area contributed by atoms with Gasteiger partial charge in [-0.05, 0) is 31.6 Å². The summed E-state index contributed by atoms with van der Waals surface area (Å²) >= 11 is 0. The summed E-state index contributed by atoms with van der Waals surface area (Å²) < 4.78 is 5.44. The predicted octanol–water partition coefficient (Wildman–Crippen LogP) is 5.40. The zero-order chi connectivity index (χ0) is 15.4. The molecule has 0 heterocycles. The number of hydrogen-bond acceptors (Lipinski definition) is 2. The van der Waals surface area contributed by atoms with Crippen LogP contribution in [-0.2, 0) is 9.53 Å². The van der Waals surface area contributed by atoms with Crippen molar-refractivity contribution >= 4 is 5.78 Å². The largest absolute Gasteiger partial charge is 0.384 e. The van der Waals surface area contributed by atoms with Crippen molar-refractivity contribution in [1.29, 1.82) is 0 Å². The van der Waals surface area contributed by atoms with Crippen LogP contribution in [0.5, 0.6) is 0 Å². The maximum Gasteiger partial charge on any atom is 0.141 e. The third-order valence-corrected chi connectivity index (χ3v) is 4.23. The Kier molecular flexibility index (Phi) is 11.1. The Hall–Kier alpha value is -0.370. The van der Waals surface area contributed by atoms with Gasteiger partial charge in [0.15, 0.2) is 0 Å². The molecule has 2 nitrogen and oxygen atoms in total. The summed E-state index contributed by atoms with van der Waals surface area (Å²) in [6, 6.07) is 0. The number of carbonyl (C=O) groups excluding carboxylic acids is 1. The van der Waals surface area contributed by atoms with Gasteiger partial charge >= 0.3 is 0 Å². The van der Waals surface area contributed by atoms with E-state index in [9.17, 15) is 4.79 Å². The minimum atomic E-state index is -0.219. The van der Waals surface area contributed by atoms with Crippen LogP contribution in [0, 0.1) is 11.3 Å². The summed E-state index contributed by atoms with van der Waals surface area (Å²) in [5.74, 6) is 1.10. The molecule has 0 rings (SSSR count). The quantitative estimate of drug-likeness (QED) is 0.423. The van der Waals surface area contributed by atoms with Gasteiger partial charge < -0.3 is 4.74 Å². The second kappa shape index (κ2) is 11.3. The minimum absolute atomic E-state index is 0.219. The van der Waals surface area contributed by atoms with Gasteiger partial charge in [-0.1, -0.05) is 53.4 Å². The number of ketones is 1. The van der Waals surface area contributed by atoms with Crippen LogP contribution < -0.4 is 0 Å². The van der Waals surface area contributed by atoms with Crippen molar-refractivity contribution in [3.8, 4) is 0 Å². The lowest BCUT2D eigenvalue weighted by molar-refractivity contribution is -0.133. The van der Waals surface area contributed by atoms with E-state index in [0.29, 0.717) is 18.3 Å². The Morgan fingerprint density at radius 2 is 1.70 bits per heavy atom. The lowest BCUT2D eigenvalue weighted by Gasteiger charge is -2.32. The fraction of sp³-hybridized carbons (Fsp3) is 0.944. The van der Waals surface area contributed by atoms with Crippen LogP contribution in [-0.4, -0.2) is 19.5 Å². The van der Waals surface area contributed by atoms with Crippen molar-refractivity contribution in [2.75, 3.05) is 13.7 Å². The maximum absolute atomic E-state index is 12.8. The summed E-state index contributed by atoms with van der Waals surface area (Å²) in [6.07, 6.45) is 9.48. The third-order valence-electron chi connectivity index (χ3n) is 4.23. The Labute approximate surface area is 126 Å². The highest BCUT2D eigenvalue weighted by atomic mass is 16.5. The first-order valence-electron chi connectivity index (χ1n) is 8.54. The molecule has 0 aliphatic heterocycles. The van der Waals surface area contributed by atoms with Crippen LogP contribution in [0.25, 0.3) is 0 Å². The van der Waals surface area contributed by atoms with Gasteiger partial charge in [-0.3, -0.25) is 4.79 Å². The van der Waals surface area contributed by atoms with E-state index in [-0.39, 0.29) is 5.41 Å². The van der Waals surface area contributed by atoms with Gasteiger partial charge in [-0.2, -0.15) is 0 Å².